The molecule has 0 bridgehead atoms. The Morgan fingerprint density at radius 2 is 1.29 bits per heavy atom. The molecule has 0 atom stereocenters. The van der Waals surface area contributed by atoms with Crippen molar-refractivity contribution in [3.63, 3.8) is 0 Å². The van der Waals surface area contributed by atoms with Crippen molar-refractivity contribution < 1.29 is 39.3 Å². The van der Waals surface area contributed by atoms with Crippen LogP contribution in [0.25, 0.3) is 0 Å². The second-order valence-corrected chi connectivity index (χ2v) is 2.72. The predicted molar refractivity (Wildman–Crippen MR) is 52.4 cm³/mol. The van der Waals surface area contributed by atoms with Crippen LogP contribution in [-0.4, -0.2) is 45.3 Å². The van der Waals surface area contributed by atoms with Crippen LogP contribution in [0.5, 0.6) is 0 Å². The van der Waals surface area contributed by atoms with Crippen molar-refractivity contribution in [2.45, 2.75) is 25.7 Å². The molecule has 0 spiro atoms. The van der Waals surface area contributed by atoms with Gasteiger partial charge in [-0.25, -0.2) is 4.79 Å². The zero-order valence-electron chi connectivity index (χ0n) is 8.79. The van der Waals surface area contributed by atoms with Crippen molar-refractivity contribution in [2.75, 3.05) is 0 Å². The minimum atomic E-state index is -1.58. The van der Waals surface area contributed by atoms with Crippen LogP contribution in [0.15, 0.2) is 0 Å². The largest absolute Gasteiger partial charge is 0.481 e. The number of carboxylic acids is 3. The number of hydrogen-bond acceptors (Lipinski definition) is 5. The van der Waals surface area contributed by atoms with E-state index in [1.807, 2.05) is 0 Å². The van der Waals surface area contributed by atoms with E-state index >= 15 is 0 Å². The second kappa shape index (κ2) is 10.3. The lowest BCUT2D eigenvalue weighted by molar-refractivity contribution is -0.149. The minimum absolute atomic E-state index is 0.0521. The summed E-state index contributed by atoms with van der Waals surface area (Å²) in [5.74, 6) is -4.75. The van der Waals surface area contributed by atoms with E-state index < -0.39 is 36.5 Å². The van der Waals surface area contributed by atoms with Gasteiger partial charge in [0, 0.05) is 12.8 Å². The van der Waals surface area contributed by atoms with Crippen molar-refractivity contribution in [3.8, 4) is 0 Å². The predicted octanol–water partition coefficient (Wildman–Crippen LogP) is -0.445. The molecule has 0 saturated heterocycles. The van der Waals surface area contributed by atoms with Crippen LogP contribution in [0.2, 0.25) is 0 Å². The van der Waals surface area contributed by atoms with Crippen LogP contribution in [0, 0.1) is 0 Å². The summed E-state index contributed by atoms with van der Waals surface area (Å²) in [7, 11) is 0. The summed E-state index contributed by atoms with van der Waals surface area (Å²) in [6.07, 6.45) is -0.206. The summed E-state index contributed by atoms with van der Waals surface area (Å²) in [5.41, 5.74) is 0. The molecule has 0 saturated carbocycles. The number of hydrogen-bond donors (Lipinski definition) is 3. The summed E-state index contributed by atoms with van der Waals surface area (Å²) in [6, 6.07) is 0. The summed E-state index contributed by atoms with van der Waals surface area (Å²) in [6.45, 7) is 0. The van der Waals surface area contributed by atoms with Gasteiger partial charge in [0.2, 0.25) is 5.78 Å². The van der Waals surface area contributed by atoms with E-state index in [-0.39, 0.29) is 12.8 Å². The lowest BCUT2D eigenvalue weighted by atomic mass is 10.2. The first-order valence-electron chi connectivity index (χ1n) is 4.44. The van der Waals surface area contributed by atoms with Gasteiger partial charge in [-0.1, -0.05) is 0 Å². The monoisotopic (exact) mass is 248 g/mol. The molecule has 96 valence electrons. The maximum absolute atomic E-state index is 10.2. The molecule has 0 heterocycles. The van der Waals surface area contributed by atoms with E-state index in [0.717, 1.165) is 0 Å². The smallest absolute Gasteiger partial charge is 0.372 e. The molecule has 17 heavy (non-hydrogen) atoms. The van der Waals surface area contributed by atoms with E-state index in [9.17, 15) is 24.0 Å². The standard InChI is InChI=1S/C5H6O5.C4H6O3/c6-3(5(9)10)1-2-4(7)8;5-3-1-2-4(6)7/h1-2H2,(H,7,8)(H,9,10);3H,1-2H2,(H,6,7). The first-order chi connectivity index (χ1) is 7.81. The van der Waals surface area contributed by atoms with Crippen LogP contribution in [0.3, 0.4) is 0 Å². The number of carbonyl (C=O) groups is 5. The van der Waals surface area contributed by atoms with Gasteiger partial charge in [-0.05, 0) is 0 Å². The molecule has 0 aromatic rings. The highest BCUT2D eigenvalue weighted by Crippen LogP contribution is 1.90. The van der Waals surface area contributed by atoms with Gasteiger partial charge in [-0.15, -0.1) is 0 Å². The zero-order valence-corrected chi connectivity index (χ0v) is 8.79. The van der Waals surface area contributed by atoms with Gasteiger partial charge < -0.3 is 20.1 Å². The van der Waals surface area contributed by atoms with Crippen LogP contribution >= 0.6 is 0 Å². The van der Waals surface area contributed by atoms with E-state index in [4.69, 9.17) is 15.3 Å². The molecule has 3 N–H and O–H groups in total. The zero-order chi connectivity index (χ0) is 13.8. The molecule has 0 amide bonds. The molecule has 0 aliphatic heterocycles. The number of ketones is 1. The summed E-state index contributed by atoms with van der Waals surface area (Å²) in [4.78, 5) is 48.8. The third-order valence-electron chi connectivity index (χ3n) is 1.28. The first-order valence-corrected chi connectivity index (χ1v) is 4.44. The Bertz CT molecular complexity index is 306. The summed E-state index contributed by atoms with van der Waals surface area (Å²) < 4.78 is 0. The Morgan fingerprint density at radius 3 is 1.53 bits per heavy atom. The molecule has 0 aliphatic carbocycles. The Labute approximate surface area is 95.9 Å². The summed E-state index contributed by atoms with van der Waals surface area (Å²) in [5, 5.41) is 23.8. The summed E-state index contributed by atoms with van der Waals surface area (Å²) >= 11 is 0. The molecule has 0 unspecified atom stereocenters. The third-order valence-corrected chi connectivity index (χ3v) is 1.28. The van der Waals surface area contributed by atoms with E-state index in [0.29, 0.717) is 6.29 Å². The van der Waals surface area contributed by atoms with Crippen molar-refractivity contribution in [2.24, 2.45) is 0 Å². The Balaban J connectivity index is 0. The highest BCUT2D eigenvalue weighted by Gasteiger charge is 2.12. The van der Waals surface area contributed by atoms with Crippen LogP contribution < -0.4 is 0 Å². The van der Waals surface area contributed by atoms with Gasteiger partial charge >= 0.3 is 17.9 Å². The average Bonchev–Trinajstić information content (AvgIpc) is 2.23. The van der Waals surface area contributed by atoms with Gasteiger partial charge in [-0.3, -0.25) is 14.4 Å². The molecule has 0 aliphatic rings. The molecule has 8 nitrogen and oxygen atoms in total. The number of Topliss-reactive ketones (excluding diaryl/α,β-unsaturated/α-hetero) is 1. The number of carboxylic acid groups (broad SMARTS) is 3. The van der Waals surface area contributed by atoms with Gasteiger partial charge in [-0.2, -0.15) is 0 Å². The third kappa shape index (κ3) is 16.4. The number of aliphatic carboxylic acids is 3. The number of carbonyl (C=O) groups excluding carboxylic acids is 2. The van der Waals surface area contributed by atoms with Gasteiger partial charge in [0.1, 0.15) is 6.29 Å². The highest BCUT2D eigenvalue weighted by molar-refractivity contribution is 6.32. The Kier molecular flexibility index (Phi) is 10.4. The average molecular weight is 248 g/mol. The molecular weight excluding hydrogens is 236 g/mol. The fourth-order valence-electron chi connectivity index (χ4n) is 0.510. The maximum Gasteiger partial charge on any atom is 0.372 e. The SMILES string of the molecule is O=C(O)CCC(=O)C(=O)O.O=CCCC(=O)O. The normalized spacial score (nSPS) is 8.47. The lowest BCUT2D eigenvalue weighted by Gasteiger charge is -1.88. The number of rotatable bonds is 7. The van der Waals surface area contributed by atoms with Crippen LogP contribution in [0.4, 0.5) is 0 Å². The van der Waals surface area contributed by atoms with E-state index in [2.05, 4.69) is 0 Å². The van der Waals surface area contributed by atoms with Crippen molar-refractivity contribution >= 4 is 30.0 Å². The lowest BCUT2D eigenvalue weighted by Crippen LogP contribution is -2.13. The first kappa shape index (κ1) is 17.2. The quantitative estimate of drug-likeness (QED) is 0.405. The Hall–Kier alpha value is -2.25. The topological polar surface area (TPSA) is 146 Å². The van der Waals surface area contributed by atoms with Gasteiger partial charge in [0.05, 0.1) is 12.8 Å². The van der Waals surface area contributed by atoms with Crippen molar-refractivity contribution in [1.82, 2.24) is 0 Å². The van der Waals surface area contributed by atoms with E-state index in [1.165, 1.54) is 0 Å². The van der Waals surface area contributed by atoms with Gasteiger partial charge in [0.25, 0.3) is 0 Å². The molecule has 0 fully saturated rings. The number of aldehydes is 1. The highest BCUT2D eigenvalue weighted by atomic mass is 16.4. The molecule has 0 aromatic heterocycles. The molecule has 0 rings (SSSR count). The fraction of sp³-hybridized carbons (Fsp3) is 0.444. The van der Waals surface area contributed by atoms with Crippen LogP contribution in [0.1, 0.15) is 25.7 Å². The molecule has 0 radical (unpaired) electrons. The van der Waals surface area contributed by atoms with Gasteiger partial charge in [0.15, 0.2) is 0 Å². The van der Waals surface area contributed by atoms with E-state index in [1.54, 1.807) is 0 Å². The molecule has 8 heteroatoms. The van der Waals surface area contributed by atoms with Crippen molar-refractivity contribution in [3.05, 3.63) is 0 Å². The Morgan fingerprint density at radius 1 is 0.824 bits per heavy atom. The van der Waals surface area contributed by atoms with Crippen molar-refractivity contribution in [1.29, 1.82) is 0 Å². The fourth-order valence-corrected chi connectivity index (χ4v) is 0.510. The van der Waals surface area contributed by atoms with Crippen LogP contribution in [-0.2, 0) is 24.0 Å². The molecular formula is C9H12O8. The maximum atomic E-state index is 10.2. The second-order valence-electron chi connectivity index (χ2n) is 2.72. The molecule has 0 aromatic carbocycles. The minimum Gasteiger partial charge on any atom is -0.481 e.